The summed E-state index contributed by atoms with van der Waals surface area (Å²) >= 11 is 0. The molecule has 6 heteroatoms. The van der Waals surface area contributed by atoms with E-state index in [-0.39, 0.29) is 0 Å². The molecule has 2 aliphatic rings. The van der Waals surface area contributed by atoms with Crippen LogP contribution in [-0.4, -0.2) is 56.8 Å². The first-order valence-electron chi connectivity index (χ1n) is 7.53. The molecule has 112 valence electrons. The molecule has 0 radical (unpaired) electrons. The molecule has 1 aliphatic heterocycles. The smallest absolute Gasteiger partial charge is 0.281 e. The van der Waals surface area contributed by atoms with E-state index in [0.29, 0.717) is 25.6 Å². The monoisotopic (exact) mass is 289 g/mol. The van der Waals surface area contributed by atoms with Crippen LogP contribution < -0.4 is 5.32 Å². The lowest BCUT2D eigenvalue weighted by atomic mass is 9.89. The van der Waals surface area contributed by atoms with Gasteiger partial charge in [-0.25, -0.2) is 0 Å². The van der Waals surface area contributed by atoms with E-state index in [0.717, 1.165) is 19.5 Å². The molecule has 1 saturated heterocycles. The lowest BCUT2D eigenvalue weighted by Gasteiger charge is -2.30. The largest absolute Gasteiger partial charge is 0.315 e. The molecule has 19 heavy (non-hydrogen) atoms. The zero-order chi connectivity index (χ0) is 13.7. The van der Waals surface area contributed by atoms with Crippen LogP contribution in [0.3, 0.4) is 0 Å². The Bertz CT molecular complexity index is 358. The Morgan fingerprint density at radius 2 is 1.84 bits per heavy atom. The second kappa shape index (κ2) is 7.02. The molecular weight excluding hydrogens is 262 g/mol. The van der Waals surface area contributed by atoms with E-state index >= 15 is 0 Å². The molecule has 2 rings (SSSR count). The highest BCUT2D eigenvalue weighted by Gasteiger charge is 2.29. The molecule has 0 spiro atoms. The van der Waals surface area contributed by atoms with Gasteiger partial charge < -0.3 is 5.32 Å². The molecule has 0 aromatic heterocycles. The van der Waals surface area contributed by atoms with Gasteiger partial charge in [0.25, 0.3) is 10.2 Å². The van der Waals surface area contributed by atoms with E-state index in [1.165, 1.54) is 32.1 Å². The summed E-state index contributed by atoms with van der Waals surface area (Å²) in [5.74, 6) is 0.554. The minimum absolute atomic E-state index is 0.554. The number of nitrogens with zero attached hydrogens (tertiary/aromatic N) is 2. The molecule has 5 nitrogen and oxygen atoms in total. The van der Waals surface area contributed by atoms with Gasteiger partial charge in [0.1, 0.15) is 0 Å². The first-order chi connectivity index (χ1) is 9.10. The maximum absolute atomic E-state index is 12.5. The minimum atomic E-state index is -3.26. The Labute approximate surface area is 117 Å². The Hall–Kier alpha value is -0.170. The third-order valence-electron chi connectivity index (χ3n) is 4.26. The summed E-state index contributed by atoms with van der Waals surface area (Å²) in [7, 11) is -1.52. The van der Waals surface area contributed by atoms with Crippen LogP contribution in [-0.2, 0) is 10.2 Å². The summed E-state index contributed by atoms with van der Waals surface area (Å²) in [6.45, 7) is 3.60. The fraction of sp³-hybridized carbons (Fsp3) is 1.00. The molecule has 0 atom stereocenters. The van der Waals surface area contributed by atoms with Gasteiger partial charge in [0.15, 0.2) is 0 Å². The van der Waals surface area contributed by atoms with Gasteiger partial charge in [-0.1, -0.05) is 19.3 Å². The second-order valence-electron chi connectivity index (χ2n) is 5.79. The van der Waals surface area contributed by atoms with Crippen LogP contribution in [0.4, 0.5) is 0 Å². The number of hydrogen-bond donors (Lipinski definition) is 1. The van der Waals surface area contributed by atoms with Crippen molar-refractivity contribution in [3.63, 3.8) is 0 Å². The average Bonchev–Trinajstić information content (AvgIpc) is 2.69. The fourth-order valence-corrected chi connectivity index (χ4v) is 4.55. The molecule has 1 aliphatic carbocycles. The first kappa shape index (κ1) is 15.2. The van der Waals surface area contributed by atoms with Crippen LogP contribution in [0.25, 0.3) is 0 Å². The van der Waals surface area contributed by atoms with Crippen LogP contribution in [0.2, 0.25) is 0 Å². The topological polar surface area (TPSA) is 52.7 Å². The van der Waals surface area contributed by atoms with Crippen molar-refractivity contribution in [3.05, 3.63) is 0 Å². The van der Waals surface area contributed by atoms with Crippen molar-refractivity contribution in [3.8, 4) is 0 Å². The van der Waals surface area contributed by atoms with Crippen molar-refractivity contribution in [1.82, 2.24) is 13.9 Å². The molecule has 0 unspecified atom stereocenters. The molecule has 0 amide bonds. The number of hydrogen-bond acceptors (Lipinski definition) is 3. The average molecular weight is 289 g/mol. The van der Waals surface area contributed by atoms with Gasteiger partial charge in [0.2, 0.25) is 0 Å². The van der Waals surface area contributed by atoms with Crippen molar-refractivity contribution in [2.45, 2.75) is 38.5 Å². The molecule has 2 fully saturated rings. The molecular formula is C13H27N3O2S. The van der Waals surface area contributed by atoms with Crippen molar-refractivity contribution in [2.75, 3.05) is 39.8 Å². The van der Waals surface area contributed by atoms with Crippen molar-refractivity contribution < 1.29 is 8.42 Å². The SMILES string of the molecule is CN(CC1CCCCC1)S(=O)(=O)N1CCCNCC1. The van der Waals surface area contributed by atoms with E-state index in [4.69, 9.17) is 0 Å². The second-order valence-corrected chi connectivity index (χ2v) is 7.83. The predicted octanol–water partition coefficient (Wildman–Crippen LogP) is 1.04. The Kier molecular flexibility index (Phi) is 5.62. The van der Waals surface area contributed by atoms with E-state index < -0.39 is 10.2 Å². The molecule has 0 aromatic carbocycles. The van der Waals surface area contributed by atoms with Gasteiger partial charge in [-0.05, 0) is 31.7 Å². The van der Waals surface area contributed by atoms with E-state index in [1.807, 2.05) is 0 Å². The van der Waals surface area contributed by atoms with Crippen molar-refractivity contribution in [1.29, 1.82) is 0 Å². The van der Waals surface area contributed by atoms with Crippen LogP contribution in [0.5, 0.6) is 0 Å². The quantitative estimate of drug-likeness (QED) is 0.841. The van der Waals surface area contributed by atoms with Gasteiger partial charge in [-0.2, -0.15) is 17.0 Å². The highest BCUT2D eigenvalue weighted by Crippen LogP contribution is 2.25. The van der Waals surface area contributed by atoms with Crippen LogP contribution in [0.1, 0.15) is 38.5 Å². The predicted molar refractivity (Wildman–Crippen MR) is 77.2 cm³/mol. The van der Waals surface area contributed by atoms with Crippen LogP contribution in [0.15, 0.2) is 0 Å². The van der Waals surface area contributed by atoms with E-state index in [1.54, 1.807) is 15.7 Å². The maximum Gasteiger partial charge on any atom is 0.281 e. The van der Waals surface area contributed by atoms with Crippen molar-refractivity contribution >= 4 is 10.2 Å². The Morgan fingerprint density at radius 1 is 1.11 bits per heavy atom. The Balaban J connectivity index is 1.92. The Morgan fingerprint density at radius 3 is 2.58 bits per heavy atom. The molecule has 1 N–H and O–H groups in total. The fourth-order valence-electron chi connectivity index (χ4n) is 3.08. The molecule has 0 aromatic rings. The van der Waals surface area contributed by atoms with Crippen LogP contribution >= 0.6 is 0 Å². The summed E-state index contributed by atoms with van der Waals surface area (Å²) in [6.07, 6.45) is 7.09. The normalized spacial score (nSPS) is 24.5. The van der Waals surface area contributed by atoms with E-state index in [9.17, 15) is 8.42 Å². The molecule has 1 saturated carbocycles. The van der Waals surface area contributed by atoms with Gasteiger partial charge in [0.05, 0.1) is 0 Å². The minimum Gasteiger partial charge on any atom is -0.315 e. The summed E-state index contributed by atoms with van der Waals surface area (Å²) in [4.78, 5) is 0. The summed E-state index contributed by atoms with van der Waals surface area (Å²) in [5, 5.41) is 3.24. The van der Waals surface area contributed by atoms with Gasteiger partial charge in [-0.15, -0.1) is 0 Å². The highest BCUT2D eigenvalue weighted by molar-refractivity contribution is 7.86. The van der Waals surface area contributed by atoms with Gasteiger partial charge in [-0.3, -0.25) is 0 Å². The summed E-state index contributed by atoms with van der Waals surface area (Å²) in [6, 6.07) is 0. The lowest BCUT2D eigenvalue weighted by Crippen LogP contribution is -2.45. The molecule has 0 bridgehead atoms. The van der Waals surface area contributed by atoms with E-state index in [2.05, 4.69) is 5.32 Å². The first-order valence-corrected chi connectivity index (χ1v) is 8.92. The zero-order valence-electron chi connectivity index (χ0n) is 12.0. The van der Waals surface area contributed by atoms with Crippen molar-refractivity contribution in [2.24, 2.45) is 5.92 Å². The molecule has 1 heterocycles. The number of rotatable bonds is 4. The zero-order valence-corrected chi connectivity index (χ0v) is 12.8. The standard InChI is InChI=1S/C13H27N3O2S/c1-15(12-13-6-3-2-4-7-13)19(17,18)16-10-5-8-14-9-11-16/h13-14H,2-12H2,1H3. The summed E-state index contributed by atoms with van der Waals surface area (Å²) < 4.78 is 28.3. The van der Waals surface area contributed by atoms with Gasteiger partial charge in [0, 0.05) is 33.2 Å². The third kappa shape index (κ3) is 4.15. The number of nitrogens with one attached hydrogen (secondary N) is 1. The maximum atomic E-state index is 12.5. The third-order valence-corrected chi connectivity index (χ3v) is 6.21. The summed E-state index contributed by atoms with van der Waals surface area (Å²) in [5.41, 5.74) is 0. The highest BCUT2D eigenvalue weighted by atomic mass is 32.2. The van der Waals surface area contributed by atoms with Crippen LogP contribution in [0, 0.1) is 5.92 Å². The van der Waals surface area contributed by atoms with Gasteiger partial charge >= 0.3 is 0 Å². The lowest BCUT2D eigenvalue weighted by molar-refractivity contribution is 0.284.